The van der Waals surface area contributed by atoms with Crippen LogP contribution in [0.1, 0.15) is 5.69 Å². The predicted octanol–water partition coefficient (Wildman–Crippen LogP) is 0.910. The molecule has 0 bridgehead atoms. The molecule has 1 saturated heterocycles. The van der Waals surface area contributed by atoms with Crippen molar-refractivity contribution in [1.29, 1.82) is 0 Å². The molecule has 0 atom stereocenters. The number of aryl methyl sites for hydroxylation is 1. The summed E-state index contributed by atoms with van der Waals surface area (Å²) in [5.41, 5.74) is 2.02. The third-order valence-corrected chi connectivity index (χ3v) is 3.52. The lowest BCUT2D eigenvalue weighted by Crippen LogP contribution is -2.47. The minimum Gasteiger partial charge on any atom is -0.481 e. The van der Waals surface area contributed by atoms with Gasteiger partial charge in [0.25, 0.3) is 0 Å². The quantitative estimate of drug-likeness (QED) is 0.830. The smallest absolute Gasteiger partial charge is 0.228 e. The van der Waals surface area contributed by atoms with Crippen molar-refractivity contribution in [2.24, 2.45) is 0 Å². The van der Waals surface area contributed by atoms with Gasteiger partial charge in [0.15, 0.2) is 0 Å². The van der Waals surface area contributed by atoms with E-state index in [9.17, 15) is 0 Å². The van der Waals surface area contributed by atoms with Crippen LogP contribution in [0.2, 0.25) is 0 Å². The lowest BCUT2D eigenvalue weighted by atomic mass is 10.3. The van der Waals surface area contributed by atoms with Gasteiger partial charge in [-0.1, -0.05) is 0 Å². The number of anilines is 2. The Labute approximate surface area is 123 Å². The molecule has 0 aromatic carbocycles. The van der Waals surface area contributed by atoms with Crippen LogP contribution < -0.4 is 14.5 Å². The van der Waals surface area contributed by atoms with E-state index in [-0.39, 0.29) is 0 Å². The Morgan fingerprint density at radius 2 is 1.81 bits per heavy atom. The van der Waals surface area contributed by atoms with Gasteiger partial charge >= 0.3 is 0 Å². The monoisotopic (exact) mass is 286 g/mol. The number of nitrogens with zero attached hydrogens (tertiary/aromatic N) is 6. The predicted molar refractivity (Wildman–Crippen MR) is 79.8 cm³/mol. The van der Waals surface area contributed by atoms with Crippen molar-refractivity contribution < 1.29 is 4.74 Å². The molecule has 110 valence electrons. The highest BCUT2D eigenvalue weighted by atomic mass is 16.5. The summed E-state index contributed by atoms with van der Waals surface area (Å²) >= 11 is 0. The maximum Gasteiger partial charge on any atom is 0.228 e. The molecule has 7 heteroatoms. The van der Waals surface area contributed by atoms with Gasteiger partial charge in [-0.05, 0) is 13.0 Å². The molecule has 3 heterocycles. The molecule has 2 aromatic heterocycles. The Morgan fingerprint density at radius 3 is 2.48 bits per heavy atom. The number of hydrogen-bond acceptors (Lipinski definition) is 7. The number of ether oxygens (including phenoxy) is 1. The summed E-state index contributed by atoms with van der Waals surface area (Å²) in [5.74, 6) is 1.35. The van der Waals surface area contributed by atoms with Gasteiger partial charge in [0, 0.05) is 37.9 Å². The number of hydrogen-bond donors (Lipinski definition) is 0. The second kappa shape index (κ2) is 5.90. The van der Waals surface area contributed by atoms with Crippen molar-refractivity contribution in [1.82, 2.24) is 20.2 Å². The summed E-state index contributed by atoms with van der Waals surface area (Å²) < 4.78 is 5.21. The molecule has 0 unspecified atom stereocenters. The summed E-state index contributed by atoms with van der Waals surface area (Å²) in [7, 11) is 1.62. The molecule has 0 saturated carbocycles. The second-order valence-electron chi connectivity index (χ2n) is 4.93. The molecule has 2 aromatic rings. The first-order valence-corrected chi connectivity index (χ1v) is 6.92. The van der Waals surface area contributed by atoms with Crippen LogP contribution >= 0.6 is 0 Å². The van der Waals surface area contributed by atoms with Gasteiger partial charge in [0.2, 0.25) is 11.8 Å². The van der Waals surface area contributed by atoms with Crippen molar-refractivity contribution in [3.8, 4) is 5.88 Å². The topological polar surface area (TPSA) is 67.3 Å². The van der Waals surface area contributed by atoms with Crippen molar-refractivity contribution in [3.05, 3.63) is 30.2 Å². The molecular formula is C14H18N6O. The van der Waals surface area contributed by atoms with Crippen LogP contribution in [0.4, 0.5) is 11.6 Å². The lowest BCUT2D eigenvalue weighted by molar-refractivity contribution is 0.396. The molecule has 0 radical (unpaired) electrons. The summed E-state index contributed by atoms with van der Waals surface area (Å²) in [4.78, 5) is 13.4. The van der Waals surface area contributed by atoms with Crippen molar-refractivity contribution in [2.75, 3.05) is 43.1 Å². The van der Waals surface area contributed by atoms with Crippen molar-refractivity contribution in [2.45, 2.75) is 6.92 Å². The molecule has 0 amide bonds. The third kappa shape index (κ3) is 3.01. The minimum atomic E-state index is 0.610. The molecule has 7 nitrogen and oxygen atoms in total. The molecule has 1 fully saturated rings. The fourth-order valence-electron chi connectivity index (χ4n) is 2.41. The molecule has 0 aliphatic carbocycles. The number of methoxy groups -OCH3 is 1. The first-order valence-electron chi connectivity index (χ1n) is 6.92. The van der Waals surface area contributed by atoms with Crippen LogP contribution in [0.15, 0.2) is 24.5 Å². The standard InChI is InChI=1S/C14H18N6O/c1-11-9-13(21-2)18-14(17-11)20-7-5-19(6-8-20)12-3-4-15-16-10-12/h3-4,9-10H,5-8H2,1-2H3. The molecule has 1 aliphatic rings. The maximum atomic E-state index is 5.21. The fraction of sp³-hybridized carbons (Fsp3) is 0.429. The first-order chi connectivity index (χ1) is 10.3. The molecular weight excluding hydrogens is 268 g/mol. The van der Waals surface area contributed by atoms with Gasteiger partial charge in [0.05, 0.1) is 25.2 Å². The zero-order valence-corrected chi connectivity index (χ0v) is 12.2. The fourth-order valence-corrected chi connectivity index (χ4v) is 2.41. The largest absolute Gasteiger partial charge is 0.481 e. The van der Waals surface area contributed by atoms with Gasteiger partial charge in [0.1, 0.15) is 0 Å². The zero-order valence-electron chi connectivity index (χ0n) is 12.2. The number of piperazine rings is 1. The lowest BCUT2D eigenvalue weighted by Gasteiger charge is -2.35. The Bertz CT molecular complexity index is 598. The van der Waals surface area contributed by atoms with E-state index in [0.29, 0.717) is 5.88 Å². The van der Waals surface area contributed by atoms with E-state index in [0.717, 1.165) is 43.5 Å². The van der Waals surface area contributed by atoms with Gasteiger partial charge in [-0.15, -0.1) is 0 Å². The van der Waals surface area contributed by atoms with Crippen LogP contribution in [0, 0.1) is 6.92 Å². The second-order valence-corrected chi connectivity index (χ2v) is 4.93. The van der Waals surface area contributed by atoms with E-state index in [2.05, 4.69) is 30.0 Å². The summed E-state index contributed by atoms with van der Waals surface area (Å²) in [5, 5.41) is 7.74. The number of aromatic nitrogens is 4. The highest BCUT2D eigenvalue weighted by Gasteiger charge is 2.20. The van der Waals surface area contributed by atoms with Crippen LogP contribution in [0.25, 0.3) is 0 Å². The average Bonchev–Trinajstić information content (AvgIpc) is 2.55. The van der Waals surface area contributed by atoms with E-state index in [1.54, 1.807) is 19.5 Å². The Hall–Kier alpha value is -2.44. The van der Waals surface area contributed by atoms with E-state index in [1.807, 2.05) is 19.1 Å². The number of rotatable bonds is 3. The Kier molecular flexibility index (Phi) is 3.81. The summed E-state index contributed by atoms with van der Waals surface area (Å²) in [6.45, 7) is 5.51. The molecule has 21 heavy (non-hydrogen) atoms. The third-order valence-electron chi connectivity index (χ3n) is 3.52. The van der Waals surface area contributed by atoms with Crippen LogP contribution in [-0.2, 0) is 0 Å². The first kappa shape index (κ1) is 13.5. The van der Waals surface area contributed by atoms with Gasteiger partial charge < -0.3 is 14.5 Å². The SMILES string of the molecule is COc1cc(C)nc(N2CCN(c3ccnnc3)CC2)n1. The molecule has 3 rings (SSSR count). The van der Waals surface area contributed by atoms with Crippen LogP contribution in [-0.4, -0.2) is 53.5 Å². The van der Waals surface area contributed by atoms with Crippen molar-refractivity contribution in [3.63, 3.8) is 0 Å². The Balaban J connectivity index is 1.70. The van der Waals surface area contributed by atoms with Gasteiger partial charge in [-0.2, -0.15) is 15.2 Å². The van der Waals surface area contributed by atoms with Gasteiger partial charge in [-0.25, -0.2) is 4.98 Å². The van der Waals surface area contributed by atoms with Crippen LogP contribution in [0.5, 0.6) is 5.88 Å². The normalized spacial score (nSPS) is 15.1. The van der Waals surface area contributed by atoms with E-state index >= 15 is 0 Å². The molecule has 1 aliphatic heterocycles. The average molecular weight is 286 g/mol. The van der Waals surface area contributed by atoms with Gasteiger partial charge in [-0.3, -0.25) is 0 Å². The van der Waals surface area contributed by atoms with Crippen LogP contribution in [0.3, 0.4) is 0 Å². The summed E-state index contributed by atoms with van der Waals surface area (Å²) in [6, 6.07) is 3.82. The zero-order chi connectivity index (χ0) is 14.7. The maximum absolute atomic E-state index is 5.21. The Morgan fingerprint density at radius 1 is 1.05 bits per heavy atom. The minimum absolute atomic E-state index is 0.610. The highest BCUT2D eigenvalue weighted by molar-refractivity contribution is 5.46. The van der Waals surface area contributed by atoms with E-state index in [1.165, 1.54) is 0 Å². The van der Waals surface area contributed by atoms with E-state index in [4.69, 9.17) is 4.74 Å². The molecule has 0 spiro atoms. The highest BCUT2D eigenvalue weighted by Crippen LogP contribution is 2.19. The summed E-state index contributed by atoms with van der Waals surface area (Å²) in [6.07, 6.45) is 3.51. The van der Waals surface area contributed by atoms with E-state index < -0.39 is 0 Å². The molecule has 0 N–H and O–H groups in total. The van der Waals surface area contributed by atoms with Crippen molar-refractivity contribution >= 4 is 11.6 Å².